The summed E-state index contributed by atoms with van der Waals surface area (Å²) in [6.45, 7) is 4.27. The van der Waals surface area contributed by atoms with Gasteiger partial charge in [-0.05, 0) is 39.3 Å². The van der Waals surface area contributed by atoms with Crippen LogP contribution in [0.3, 0.4) is 0 Å². The number of rotatable bonds is 7. The lowest BCUT2D eigenvalue weighted by atomic mass is 9.93. The second-order valence-corrected chi connectivity index (χ2v) is 8.42. The number of carboxylic acids is 1. The van der Waals surface area contributed by atoms with Gasteiger partial charge in [0.05, 0.1) is 0 Å². The van der Waals surface area contributed by atoms with Gasteiger partial charge in [-0.2, -0.15) is 0 Å². The van der Waals surface area contributed by atoms with E-state index in [4.69, 9.17) is 4.74 Å². The van der Waals surface area contributed by atoms with Crippen LogP contribution in [0.2, 0.25) is 0 Å². The van der Waals surface area contributed by atoms with Crippen LogP contribution < -0.4 is 5.32 Å². The molecule has 1 aliphatic carbocycles. The van der Waals surface area contributed by atoms with Crippen molar-refractivity contribution in [2.75, 3.05) is 6.61 Å². The van der Waals surface area contributed by atoms with Crippen molar-refractivity contribution in [1.29, 1.82) is 0 Å². The molecule has 1 atom stereocenters. The second kappa shape index (κ2) is 9.27. The minimum atomic E-state index is -1.09. The fraction of sp³-hybridized carbons (Fsp3) is 0.259. The highest BCUT2D eigenvalue weighted by molar-refractivity contribution is 5.81. The number of alkyl carbamates (subject to hydrolysis) is 1. The number of hydrogen-bond acceptors (Lipinski definition) is 3. The van der Waals surface area contributed by atoms with Gasteiger partial charge in [0.1, 0.15) is 12.6 Å². The van der Waals surface area contributed by atoms with Gasteiger partial charge in [0.25, 0.3) is 0 Å². The van der Waals surface area contributed by atoms with Gasteiger partial charge in [-0.1, -0.05) is 86.6 Å². The Kier molecular flexibility index (Phi) is 6.26. The molecule has 1 aliphatic rings. The van der Waals surface area contributed by atoms with E-state index in [2.05, 4.69) is 31.3 Å². The molecule has 0 bridgehead atoms. The maximum atomic E-state index is 12.6. The SMILES string of the molecule is CC(C)c1ccccc1C[C@@H](NC(=O)OCC1c2ccccc2-c2ccccc21)C(=O)O. The number of benzene rings is 3. The highest BCUT2D eigenvalue weighted by atomic mass is 16.5. The number of fused-ring (bicyclic) bond motifs is 3. The molecule has 0 spiro atoms. The topological polar surface area (TPSA) is 75.6 Å². The molecular formula is C27H27NO4. The first-order valence-electron chi connectivity index (χ1n) is 10.9. The highest BCUT2D eigenvalue weighted by Crippen LogP contribution is 2.44. The van der Waals surface area contributed by atoms with E-state index >= 15 is 0 Å². The van der Waals surface area contributed by atoms with Crippen LogP contribution >= 0.6 is 0 Å². The van der Waals surface area contributed by atoms with Crippen LogP contribution in [0, 0.1) is 0 Å². The number of amides is 1. The van der Waals surface area contributed by atoms with E-state index < -0.39 is 18.1 Å². The van der Waals surface area contributed by atoms with Crippen molar-refractivity contribution < 1.29 is 19.4 Å². The summed E-state index contributed by atoms with van der Waals surface area (Å²) >= 11 is 0. The minimum absolute atomic E-state index is 0.0712. The average Bonchev–Trinajstić information content (AvgIpc) is 3.11. The van der Waals surface area contributed by atoms with Gasteiger partial charge in [-0.15, -0.1) is 0 Å². The summed E-state index contributed by atoms with van der Waals surface area (Å²) in [4.78, 5) is 24.4. The molecule has 2 N–H and O–H groups in total. The molecule has 3 aromatic carbocycles. The summed E-state index contributed by atoms with van der Waals surface area (Å²) in [5.41, 5.74) is 6.50. The number of carbonyl (C=O) groups is 2. The van der Waals surface area contributed by atoms with E-state index in [0.717, 1.165) is 33.4 Å². The smallest absolute Gasteiger partial charge is 0.407 e. The lowest BCUT2D eigenvalue weighted by Crippen LogP contribution is -2.43. The van der Waals surface area contributed by atoms with Crippen molar-refractivity contribution >= 4 is 12.1 Å². The molecule has 3 aromatic rings. The molecule has 0 aliphatic heterocycles. The van der Waals surface area contributed by atoms with Crippen LogP contribution in [-0.2, 0) is 16.0 Å². The molecule has 0 unspecified atom stereocenters. The molecule has 0 saturated carbocycles. The first-order chi connectivity index (χ1) is 15.5. The van der Waals surface area contributed by atoms with Gasteiger partial charge >= 0.3 is 12.1 Å². The number of carbonyl (C=O) groups excluding carboxylic acids is 1. The quantitative estimate of drug-likeness (QED) is 0.531. The Morgan fingerprint density at radius 1 is 0.906 bits per heavy atom. The maximum Gasteiger partial charge on any atom is 0.407 e. The Hall–Kier alpha value is -3.60. The van der Waals surface area contributed by atoms with Crippen LogP contribution in [0.4, 0.5) is 4.79 Å². The summed E-state index contributed by atoms with van der Waals surface area (Å²) in [7, 11) is 0. The van der Waals surface area contributed by atoms with Crippen molar-refractivity contribution in [2.24, 2.45) is 0 Å². The van der Waals surface area contributed by atoms with Crippen molar-refractivity contribution in [3.63, 3.8) is 0 Å². The molecule has 5 heteroatoms. The summed E-state index contributed by atoms with van der Waals surface area (Å²) in [6.07, 6.45) is -0.519. The molecule has 0 saturated heterocycles. The summed E-state index contributed by atoms with van der Waals surface area (Å²) in [5.74, 6) is -0.898. The first-order valence-corrected chi connectivity index (χ1v) is 10.9. The average molecular weight is 430 g/mol. The van der Waals surface area contributed by atoms with Crippen molar-refractivity contribution in [1.82, 2.24) is 5.32 Å². The molecule has 1 amide bonds. The lowest BCUT2D eigenvalue weighted by Gasteiger charge is -2.19. The zero-order valence-corrected chi connectivity index (χ0v) is 18.2. The van der Waals surface area contributed by atoms with Crippen LogP contribution in [0.15, 0.2) is 72.8 Å². The molecule has 32 heavy (non-hydrogen) atoms. The van der Waals surface area contributed by atoms with Crippen LogP contribution in [-0.4, -0.2) is 29.8 Å². The summed E-state index contributed by atoms with van der Waals surface area (Å²) < 4.78 is 5.52. The first kappa shape index (κ1) is 21.6. The molecule has 0 radical (unpaired) electrons. The van der Waals surface area contributed by atoms with Gasteiger partial charge in [-0.3, -0.25) is 0 Å². The van der Waals surface area contributed by atoms with Gasteiger partial charge in [0.2, 0.25) is 0 Å². The summed E-state index contributed by atoms with van der Waals surface area (Å²) in [5, 5.41) is 12.2. The van der Waals surface area contributed by atoms with Crippen molar-refractivity contribution in [3.05, 3.63) is 95.1 Å². The third kappa shape index (κ3) is 4.37. The Balaban J connectivity index is 1.45. The number of hydrogen-bond donors (Lipinski definition) is 2. The van der Waals surface area contributed by atoms with Crippen molar-refractivity contribution in [2.45, 2.75) is 38.1 Å². The van der Waals surface area contributed by atoms with Crippen LogP contribution in [0.25, 0.3) is 11.1 Å². The van der Waals surface area contributed by atoms with E-state index in [0.29, 0.717) is 0 Å². The minimum Gasteiger partial charge on any atom is -0.480 e. The van der Waals surface area contributed by atoms with Crippen LogP contribution in [0.1, 0.15) is 47.9 Å². The van der Waals surface area contributed by atoms with E-state index in [9.17, 15) is 14.7 Å². The van der Waals surface area contributed by atoms with E-state index in [-0.39, 0.29) is 24.9 Å². The molecule has 0 heterocycles. The molecule has 0 aromatic heterocycles. The number of carboxylic acid groups (broad SMARTS) is 1. The predicted molar refractivity (Wildman–Crippen MR) is 124 cm³/mol. The molecule has 0 fully saturated rings. The normalized spacial score (nSPS) is 13.3. The van der Waals surface area contributed by atoms with Gasteiger partial charge in [0, 0.05) is 12.3 Å². The lowest BCUT2D eigenvalue weighted by molar-refractivity contribution is -0.139. The predicted octanol–water partition coefficient (Wildman–Crippen LogP) is 5.34. The van der Waals surface area contributed by atoms with Gasteiger partial charge in [-0.25, -0.2) is 9.59 Å². The second-order valence-electron chi connectivity index (χ2n) is 8.42. The van der Waals surface area contributed by atoms with Crippen LogP contribution in [0.5, 0.6) is 0 Å². The zero-order valence-electron chi connectivity index (χ0n) is 18.2. The molecular weight excluding hydrogens is 402 g/mol. The highest BCUT2D eigenvalue weighted by Gasteiger charge is 2.30. The Labute approximate surface area is 188 Å². The Bertz CT molecular complexity index is 1090. The molecule has 4 rings (SSSR count). The summed E-state index contributed by atoms with van der Waals surface area (Å²) in [6, 6.07) is 22.8. The van der Waals surface area contributed by atoms with Gasteiger partial charge < -0.3 is 15.2 Å². The molecule has 5 nitrogen and oxygen atoms in total. The van der Waals surface area contributed by atoms with E-state index in [1.165, 1.54) is 0 Å². The number of nitrogens with one attached hydrogen (secondary N) is 1. The standard InChI is InChI=1S/C27H27NO4/c1-17(2)19-10-4-3-9-18(19)15-25(26(29)30)28-27(31)32-16-24-22-13-7-5-11-20(22)21-12-6-8-14-23(21)24/h3-14,17,24-25H,15-16H2,1-2H3,(H,28,31)(H,29,30)/t25-/m1/s1. The zero-order chi connectivity index (χ0) is 22.7. The number of aliphatic carboxylic acids is 1. The molecule has 164 valence electrons. The Morgan fingerprint density at radius 2 is 1.47 bits per heavy atom. The van der Waals surface area contributed by atoms with Crippen molar-refractivity contribution in [3.8, 4) is 11.1 Å². The van der Waals surface area contributed by atoms with E-state index in [1.54, 1.807) is 0 Å². The van der Waals surface area contributed by atoms with Gasteiger partial charge in [0.15, 0.2) is 0 Å². The van der Waals surface area contributed by atoms with E-state index in [1.807, 2.05) is 60.7 Å². The Morgan fingerprint density at radius 3 is 2.06 bits per heavy atom. The monoisotopic (exact) mass is 429 g/mol. The third-order valence-corrected chi connectivity index (χ3v) is 6.03. The fourth-order valence-electron chi connectivity index (χ4n) is 4.49. The number of ether oxygens (including phenoxy) is 1. The largest absolute Gasteiger partial charge is 0.480 e. The fourth-order valence-corrected chi connectivity index (χ4v) is 4.49. The third-order valence-electron chi connectivity index (χ3n) is 6.03. The maximum absolute atomic E-state index is 12.6.